The molecule has 132 valence electrons. The summed E-state index contributed by atoms with van der Waals surface area (Å²) in [5.74, 6) is 1.06. The summed E-state index contributed by atoms with van der Waals surface area (Å²) in [6, 6.07) is 19.7. The largest absolute Gasteiger partial charge is 0.488 e. The summed E-state index contributed by atoms with van der Waals surface area (Å²) < 4.78 is 6.75. The van der Waals surface area contributed by atoms with Crippen LogP contribution >= 0.6 is 15.9 Å². The van der Waals surface area contributed by atoms with Crippen molar-refractivity contribution in [2.24, 2.45) is 0 Å². The number of carbonyl (C=O) groups excluding carboxylic acids is 1. The Hall–Kier alpha value is -2.46. The molecular formula is C22H20BrNO2. The van der Waals surface area contributed by atoms with E-state index in [-0.39, 0.29) is 5.78 Å². The number of nitrogens with zero attached hydrogens (tertiary/aromatic N) is 1. The van der Waals surface area contributed by atoms with Crippen LogP contribution in [0.1, 0.15) is 23.1 Å². The number of benzene rings is 2. The molecule has 0 amide bonds. The lowest BCUT2D eigenvalue weighted by Crippen LogP contribution is -2.05. The maximum absolute atomic E-state index is 12.2. The fraction of sp³-hybridized carbons (Fsp3) is 0.182. The Balaban J connectivity index is 1.48. The van der Waals surface area contributed by atoms with E-state index in [1.165, 1.54) is 0 Å². The van der Waals surface area contributed by atoms with Crippen LogP contribution in [0.4, 0.5) is 0 Å². The van der Waals surface area contributed by atoms with Crippen LogP contribution < -0.4 is 4.74 Å². The van der Waals surface area contributed by atoms with Gasteiger partial charge < -0.3 is 4.74 Å². The molecule has 0 N–H and O–H groups in total. The van der Waals surface area contributed by atoms with Gasteiger partial charge in [0.25, 0.3) is 0 Å². The maximum Gasteiger partial charge on any atom is 0.137 e. The summed E-state index contributed by atoms with van der Waals surface area (Å²) in [5, 5.41) is 0. The van der Waals surface area contributed by atoms with E-state index < -0.39 is 0 Å². The van der Waals surface area contributed by atoms with Crippen LogP contribution in [-0.4, -0.2) is 10.8 Å². The molecule has 0 fully saturated rings. The first kappa shape index (κ1) is 18.3. The molecule has 1 heterocycles. The van der Waals surface area contributed by atoms with Crippen molar-refractivity contribution in [2.75, 3.05) is 0 Å². The second-order valence-corrected chi connectivity index (χ2v) is 6.97. The molecular weight excluding hydrogens is 390 g/mol. The molecule has 0 atom stereocenters. The van der Waals surface area contributed by atoms with Gasteiger partial charge in [-0.15, -0.1) is 0 Å². The van der Waals surface area contributed by atoms with Gasteiger partial charge in [0.1, 0.15) is 18.1 Å². The highest BCUT2D eigenvalue weighted by Gasteiger charge is 2.06. The van der Waals surface area contributed by atoms with Crippen molar-refractivity contribution in [1.29, 1.82) is 0 Å². The number of carbonyl (C=O) groups is 1. The topological polar surface area (TPSA) is 39.2 Å². The molecule has 2 aromatic carbocycles. The monoisotopic (exact) mass is 409 g/mol. The molecule has 26 heavy (non-hydrogen) atoms. The Morgan fingerprint density at radius 2 is 1.69 bits per heavy atom. The molecule has 0 spiro atoms. The van der Waals surface area contributed by atoms with Gasteiger partial charge in [0, 0.05) is 25.2 Å². The van der Waals surface area contributed by atoms with Crippen molar-refractivity contribution in [1.82, 2.24) is 4.98 Å². The van der Waals surface area contributed by atoms with Crippen molar-refractivity contribution in [3.05, 3.63) is 94.2 Å². The highest BCUT2D eigenvalue weighted by atomic mass is 79.9. The minimum atomic E-state index is 0.242. The molecule has 0 radical (unpaired) electrons. The van der Waals surface area contributed by atoms with Gasteiger partial charge >= 0.3 is 0 Å². The van der Waals surface area contributed by atoms with Crippen LogP contribution in [0.3, 0.4) is 0 Å². The van der Waals surface area contributed by atoms with Crippen molar-refractivity contribution in [3.8, 4) is 5.75 Å². The van der Waals surface area contributed by atoms with Gasteiger partial charge in [0.05, 0.1) is 4.47 Å². The van der Waals surface area contributed by atoms with Crippen molar-refractivity contribution >= 4 is 21.7 Å². The maximum atomic E-state index is 12.2. The summed E-state index contributed by atoms with van der Waals surface area (Å²) in [4.78, 5) is 16.2. The Labute approximate surface area is 162 Å². The van der Waals surface area contributed by atoms with E-state index in [1.807, 2.05) is 66.9 Å². The summed E-state index contributed by atoms with van der Waals surface area (Å²) in [7, 11) is 0. The number of halogens is 1. The molecule has 3 nitrogen and oxygen atoms in total. The second kappa shape index (κ2) is 9.30. The normalized spacial score (nSPS) is 10.5. The summed E-state index contributed by atoms with van der Waals surface area (Å²) in [6.07, 6.45) is 5.30. The zero-order valence-electron chi connectivity index (χ0n) is 14.4. The molecule has 0 bridgehead atoms. The van der Waals surface area contributed by atoms with Gasteiger partial charge in [-0.25, -0.2) is 0 Å². The predicted octanol–water partition coefficient (Wildman–Crippen LogP) is 5.17. The smallest absolute Gasteiger partial charge is 0.137 e. The number of aromatic nitrogens is 1. The highest BCUT2D eigenvalue weighted by molar-refractivity contribution is 9.10. The Morgan fingerprint density at radius 1 is 0.923 bits per heavy atom. The van der Waals surface area contributed by atoms with E-state index in [1.54, 1.807) is 6.20 Å². The van der Waals surface area contributed by atoms with E-state index in [0.717, 1.165) is 33.3 Å². The lowest BCUT2D eigenvalue weighted by molar-refractivity contribution is -0.118. The van der Waals surface area contributed by atoms with Gasteiger partial charge in [0.15, 0.2) is 0 Å². The Morgan fingerprint density at radius 3 is 2.42 bits per heavy atom. The van der Waals surface area contributed by atoms with Gasteiger partial charge in [-0.1, -0.05) is 42.5 Å². The van der Waals surface area contributed by atoms with Crippen LogP contribution in [0.15, 0.2) is 77.5 Å². The molecule has 4 heteroatoms. The third kappa shape index (κ3) is 5.53. The number of rotatable bonds is 8. The number of para-hydroxylation sites is 1. The number of pyridine rings is 1. The second-order valence-electron chi connectivity index (χ2n) is 6.11. The number of Topliss-reactive ketones (excluding diaryl/α,β-unsaturated/α-hetero) is 1. The average Bonchev–Trinajstić information content (AvgIpc) is 2.68. The minimum absolute atomic E-state index is 0.242. The lowest BCUT2D eigenvalue weighted by atomic mass is 10.0. The summed E-state index contributed by atoms with van der Waals surface area (Å²) >= 11 is 3.47. The number of ether oxygens (including phenoxy) is 1. The van der Waals surface area contributed by atoms with Crippen molar-refractivity contribution in [2.45, 2.75) is 25.9 Å². The van der Waals surface area contributed by atoms with E-state index >= 15 is 0 Å². The quantitative estimate of drug-likeness (QED) is 0.515. The summed E-state index contributed by atoms with van der Waals surface area (Å²) in [6.45, 7) is 0.498. The van der Waals surface area contributed by atoms with Crippen molar-refractivity contribution in [3.63, 3.8) is 0 Å². The van der Waals surface area contributed by atoms with E-state index in [9.17, 15) is 4.79 Å². The van der Waals surface area contributed by atoms with Gasteiger partial charge in [0.2, 0.25) is 0 Å². The fourth-order valence-corrected chi connectivity index (χ4v) is 3.02. The van der Waals surface area contributed by atoms with Crippen LogP contribution in [0.5, 0.6) is 5.75 Å². The van der Waals surface area contributed by atoms with Crippen molar-refractivity contribution < 1.29 is 9.53 Å². The van der Waals surface area contributed by atoms with Crippen LogP contribution in [0.2, 0.25) is 0 Å². The number of hydrogen-bond donors (Lipinski definition) is 0. The molecule has 0 aliphatic heterocycles. The SMILES string of the molecule is O=C(CCc1cccnc1)Cc1ccc(COc2ccccc2Br)cc1. The predicted molar refractivity (Wildman–Crippen MR) is 106 cm³/mol. The number of aryl methyl sites for hydroxylation is 1. The Bertz CT molecular complexity index is 848. The third-order valence-corrected chi connectivity index (χ3v) is 4.73. The van der Waals surface area contributed by atoms with Crippen LogP contribution in [0.25, 0.3) is 0 Å². The molecule has 3 rings (SSSR count). The first-order valence-electron chi connectivity index (χ1n) is 8.56. The molecule has 0 aliphatic carbocycles. The number of ketones is 1. The zero-order valence-corrected chi connectivity index (χ0v) is 16.0. The minimum Gasteiger partial charge on any atom is -0.488 e. The molecule has 0 aliphatic rings. The van der Waals surface area contributed by atoms with Crippen LogP contribution in [0, 0.1) is 0 Å². The first-order chi connectivity index (χ1) is 12.7. The standard InChI is InChI=1S/C22H20BrNO2/c23-21-5-1-2-6-22(21)26-16-19-9-7-17(8-10-19)14-20(25)12-11-18-4-3-13-24-15-18/h1-10,13,15H,11-12,14,16H2. The third-order valence-electron chi connectivity index (χ3n) is 4.07. The summed E-state index contributed by atoms with van der Waals surface area (Å²) in [5.41, 5.74) is 3.21. The number of hydrogen-bond acceptors (Lipinski definition) is 3. The fourth-order valence-electron chi connectivity index (χ4n) is 2.62. The Kier molecular flexibility index (Phi) is 6.56. The first-order valence-corrected chi connectivity index (χ1v) is 9.36. The molecule has 0 saturated carbocycles. The van der Waals surface area contributed by atoms with Gasteiger partial charge in [-0.2, -0.15) is 0 Å². The van der Waals surface area contributed by atoms with Gasteiger partial charge in [-0.3, -0.25) is 9.78 Å². The molecule has 1 aromatic heterocycles. The van der Waals surface area contributed by atoms with E-state index in [4.69, 9.17) is 4.74 Å². The highest BCUT2D eigenvalue weighted by Crippen LogP contribution is 2.24. The van der Waals surface area contributed by atoms with E-state index in [2.05, 4.69) is 20.9 Å². The molecule has 3 aromatic rings. The zero-order chi connectivity index (χ0) is 18.2. The van der Waals surface area contributed by atoms with Gasteiger partial charge in [-0.05, 0) is 57.2 Å². The van der Waals surface area contributed by atoms with E-state index in [0.29, 0.717) is 19.4 Å². The lowest BCUT2D eigenvalue weighted by Gasteiger charge is -2.08. The average molecular weight is 410 g/mol. The van der Waals surface area contributed by atoms with Crippen LogP contribution in [-0.2, 0) is 24.2 Å². The molecule has 0 saturated heterocycles. The molecule has 0 unspecified atom stereocenters.